The van der Waals surface area contributed by atoms with E-state index in [1.807, 2.05) is 50.2 Å². The topological polar surface area (TPSA) is 25.8 Å². The minimum absolute atomic E-state index is 0.428. The zero-order chi connectivity index (χ0) is 14.3. The first kappa shape index (κ1) is 13.3. The molecule has 2 aromatic carbocycles. The number of hydrogen-bond acceptors (Lipinski definition) is 2. The van der Waals surface area contributed by atoms with Crippen LogP contribution < -0.4 is 0 Å². The standard InChI is InChI=1S/C16H12Cl2N2/c1-9-4-3-5-11(6-9)16-19-14-12(15(18)20-16)7-10(2)8-13(14)17/h3-8H,1-2H3. The van der Waals surface area contributed by atoms with Crippen LogP contribution in [0.2, 0.25) is 10.2 Å². The van der Waals surface area contributed by atoms with Gasteiger partial charge in [-0.2, -0.15) is 0 Å². The molecule has 3 rings (SSSR count). The van der Waals surface area contributed by atoms with Crippen LogP contribution in [0.15, 0.2) is 36.4 Å². The largest absolute Gasteiger partial charge is 0.226 e. The minimum atomic E-state index is 0.428. The number of aryl methyl sites for hydroxylation is 2. The molecule has 4 heteroatoms. The predicted molar refractivity (Wildman–Crippen MR) is 84.5 cm³/mol. The van der Waals surface area contributed by atoms with Crippen LogP contribution in [-0.4, -0.2) is 9.97 Å². The van der Waals surface area contributed by atoms with Gasteiger partial charge < -0.3 is 0 Å². The van der Waals surface area contributed by atoms with Crippen molar-refractivity contribution in [1.82, 2.24) is 9.97 Å². The first-order valence-electron chi connectivity index (χ1n) is 6.25. The molecule has 0 unspecified atom stereocenters. The van der Waals surface area contributed by atoms with Crippen molar-refractivity contribution >= 4 is 34.1 Å². The van der Waals surface area contributed by atoms with Gasteiger partial charge in [-0.3, -0.25) is 0 Å². The average Bonchev–Trinajstić information content (AvgIpc) is 2.39. The predicted octanol–water partition coefficient (Wildman–Crippen LogP) is 5.22. The van der Waals surface area contributed by atoms with E-state index in [2.05, 4.69) is 9.97 Å². The molecule has 1 aromatic heterocycles. The van der Waals surface area contributed by atoms with E-state index in [0.717, 1.165) is 22.1 Å². The fourth-order valence-corrected chi connectivity index (χ4v) is 2.74. The van der Waals surface area contributed by atoms with Gasteiger partial charge in [0.25, 0.3) is 0 Å². The summed E-state index contributed by atoms with van der Waals surface area (Å²) in [7, 11) is 0. The summed E-state index contributed by atoms with van der Waals surface area (Å²) < 4.78 is 0. The normalized spacial score (nSPS) is 11.0. The van der Waals surface area contributed by atoms with Crippen LogP contribution in [0, 0.1) is 13.8 Å². The molecule has 0 N–H and O–H groups in total. The Hall–Kier alpha value is -1.64. The van der Waals surface area contributed by atoms with Crippen molar-refractivity contribution in [3.63, 3.8) is 0 Å². The van der Waals surface area contributed by atoms with Gasteiger partial charge in [0.05, 0.1) is 10.5 Å². The van der Waals surface area contributed by atoms with E-state index in [4.69, 9.17) is 23.2 Å². The summed E-state index contributed by atoms with van der Waals surface area (Å²) in [5.74, 6) is 0.594. The van der Waals surface area contributed by atoms with Crippen molar-refractivity contribution < 1.29 is 0 Å². The second-order valence-electron chi connectivity index (χ2n) is 4.85. The van der Waals surface area contributed by atoms with E-state index < -0.39 is 0 Å². The van der Waals surface area contributed by atoms with Crippen LogP contribution in [0.5, 0.6) is 0 Å². The second-order valence-corrected chi connectivity index (χ2v) is 5.62. The number of hydrogen-bond donors (Lipinski definition) is 0. The van der Waals surface area contributed by atoms with E-state index >= 15 is 0 Å². The first-order chi connectivity index (χ1) is 9.54. The van der Waals surface area contributed by atoms with Gasteiger partial charge in [-0.05, 0) is 37.6 Å². The highest BCUT2D eigenvalue weighted by atomic mass is 35.5. The van der Waals surface area contributed by atoms with Gasteiger partial charge in [0.1, 0.15) is 5.15 Å². The fraction of sp³-hybridized carbons (Fsp3) is 0.125. The Morgan fingerprint density at radius 1 is 0.900 bits per heavy atom. The molecule has 0 saturated carbocycles. The molecule has 0 spiro atoms. The minimum Gasteiger partial charge on any atom is -0.226 e. The summed E-state index contributed by atoms with van der Waals surface area (Å²) in [4.78, 5) is 8.95. The third-order valence-electron chi connectivity index (χ3n) is 3.13. The van der Waals surface area contributed by atoms with Gasteiger partial charge in [-0.25, -0.2) is 9.97 Å². The smallest absolute Gasteiger partial charge is 0.161 e. The van der Waals surface area contributed by atoms with Crippen molar-refractivity contribution in [2.24, 2.45) is 0 Å². The van der Waals surface area contributed by atoms with Gasteiger partial charge >= 0.3 is 0 Å². The maximum absolute atomic E-state index is 6.29. The van der Waals surface area contributed by atoms with Crippen LogP contribution in [-0.2, 0) is 0 Å². The lowest BCUT2D eigenvalue weighted by atomic mass is 10.1. The van der Waals surface area contributed by atoms with Crippen molar-refractivity contribution in [1.29, 1.82) is 0 Å². The summed E-state index contributed by atoms with van der Waals surface area (Å²) >= 11 is 12.6. The highest BCUT2D eigenvalue weighted by Gasteiger charge is 2.11. The summed E-state index contributed by atoms with van der Waals surface area (Å²) in [5, 5.41) is 1.81. The average molecular weight is 303 g/mol. The lowest BCUT2D eigenvalue weighted by Gasteiger charge is -2.07. The molecule has 3 aromatic rings. The van der Waals surface area contributed by atoms with E-state index in [1.165, 1.54) is 0 Å². The number of halogens is 2. The van der Waals surface area contributed by atoms with Gasteiger partial charge in [-0.1, -0.05) is 47.0 Å². The Morgan fingerprint density at radius 3 is 2.45 bits per heavy atom. The zero-order valence-corrected chi connectivity index (χ0v) is 12.6. The van der Waals surface area contributed by atoms with Crippen molar-refractivity contribution in [3.8, 4) is 11.4 Å². The Morgan fingerprint density at radius 2 is 1.70 bits per heavy atom. The SMILES string of the molecule is Cc1cccc(-c2nc(Cl)c3cc(C)cc(Cl)c3n2)c1. The van der Waals surface area contributed by atoms with Crippen LogP contribution >= 0.6 is 23.2 Å². The zero-order valence-electron chi connectivity index (χ0n) is 11.1. The lowest BCUT2D eigenvalue weighted by molar-refractivity contribution is 1.22. The number of fused-ring (bicyclic) bond motifs is 1. The molecule has 0 bridgehead atoms. The van der Waals surface area contributed by atoms with E-state index in [-0.39, 0.29) is 0 Å². The third kappa shape index (κ3) is 2.37. The Bertz CT molecular complexity index is 813. The molecule has 2 nitrogen and oxygen atoms in total. The molecule has 100 valence electrons. The Labute approximate surface area is 127 Å². The molecule has 0 saturated heterocycles. The van der Waals surface area contributed by atoms with Gasteiger partial charge in [0.15, 0.2) is 5.82 Å². The third-order valence-corrected chi connectivity index (χ3v) is 3.70. The highest BCUT2D eigenvalue weighted by molar-refractivity contribution is 6.38. The molecule has 0 fully saturated rings. The number of aromatic nitrogens is 2. The highest BCUT2D eigenvalue weighted by Crippen LogP contribution is 2.30. The number of nitrogens with zero attached hydrogens (tertiary/aromatic N) is 2. The molecule has 0 atom stereocenters. The fourth-order valence-electron chi connectivity index (χ4n) is 2.20. The van der Waals surface area contributed by atoms with Crippen LogP contribution in [0.3, 0.4) is 0 Å². The van der Waals surface area contributed by atoms with Crippen molar-refractivity contribution in [2.75, 3.05) is 0 Å². The molecule has 0 aliphatic carbocycles. The van der Waals surface area contributed by atoms with Crippen LogP contribution in [0.25, 0.3) is 22.3 Å². The first-order valence-corrected chi connectivity index (χ1v) is 7.00. The molecule has 0 aliphatic heterocycles. The summed E-state index contributed by atoms with van der Waals surface area (Å²) in [5.41, 5.74) is 3.81. The number of benzene rings is 2. The molecule has 0 aliphatic rings. The van der Waals surface area contributed by atoms with E-state index in [0.29, 0.717) is 21.5 Å². The van der Waals surface area contributed by atoms with Crippen molar-refractivity contribution in [3.05, 3.63) is 57.7 Å². The quantitative estimate of drug-likeness (QED) is 0.576. The molecular weight excluding hydrogens is 291 g/mol. The summed E-state index contributed by atoms with van der Waals surface area (Å²) in [6.07, 6.45) is 0. The molecule has 1 heterocycles. The van der Waals surface area contributed by atoms with Gasteiger partial charge in [-0.15, -0.1) is 0 Å². The Balaban J connectivity index is 2.29. The lowest BCUT2D eigenvalue weighted by Crippen LogP contribution is -1.93. The van der Waals surface area contributed by atoms with Gasteiger partial charge in [0.2, 0.25) is 0 Å². The molecule has 0 radical (unpaired) electrons. The van der Waals surface area contributed by atoms with Crippen LogP contribution in [0.4, 0.5) is 0 Å². The maximum Gasteiger partial charge on any atom is 0.161 e. The van der Waals surface area contributed by atoms with Gasteiger partial charge in [0, 0.05) is 10.9 Å². The van der Waals surface area contributed by atoms with Crippen LogP contribution in [0.1, 0.15) is 11.1 Å². The summed E-state index contributed by atoms with van der Waals surface area (Å²) in [6.45, 7) is 4.00. The monoisotopic (exact) mass is 302 g/mol. The molecular formula is C16H12Cl2N2. The van der Waals surface area contributed by atoms with E-state index in [9.17, 15) is 0 Å². The molecule has 20 heavy (non-hydrogen) atoms. The maximum atomic E-state index is 6.29. The van der Waals surface area contributed by atoms with E-state index in [1.54, 1.807) is 0 Å². The second kappa shape index (κ2) is 5.04. The number of rotatable bonds is 1. The Kier molecular flexibility index (Phi) is 3.36. The summed E-state index contributed by atoms with van der Waals surface area (Å²) in [6, 6.07) is 11.8. The molecule has 0 amide bonds. The van der Waals surface area contributed by atoms with Crippen molar-refractivity contribution in [2.45, 2.75) is 13.8 Å².